The van der Waals surface area contributed by atoms with Crippen molar-refractivity contribution in [3.05, 3.63) is 28.8 Å². The normalized spacial score (nSPS) is 21.7. The molecule has 1 N–H and O–H groups in total. The number of aryl methyl sites for hydroxylation is 1. The van der Waals surface area contributed by atoms with Gasteiger partial charge in [0.1, 0.15) is 0 Å². The highest BCUT2D eigenvalue weighted by atomic mass is 35.5. The maximum atomic E-state index is 6.15. The van der Waals surface area contributed by atoms with E-state index in [4.69, 9.17) is 11.6 Å². The van der Waals surface area contributed by atoms with Crippen LogP contribution in [-0.4, -0.2) is 50.7 Å². The molecule has 0 aliphatic carbocycles. The zero-order valence-corrected chi connectivity index (χ0v) is 13.7. The lowest BCUT2D eigenvalue weighted by molar-refractivity contribution is 0.196. The number of hydrogen-bond acceptors (Lipinski definition) is 3. The van der Waals surface area contributed by atoms with Crippen molar-refractivity contribution >= 4 is 17.3 Å². The molecule has 0 spiro atoms. The fraction of sp³-hybridized carbons (Fsp3) is 0.647. The van der Waals surface area contributed by atoms with Gasteiger partial charge in [0, 0.05) is 43.4 Å². The number of hydrogen-bond donors (Lipinski definition) is 1. The van der Waals surface area contributed by atoms with Crippen LogP contribution >= 0.6 is 11.6 Å². The van der Waals surface area contributed by atoms with E-state index in [1.807, 2.05) is 6.07 Å². The number of anilines is 1. The smallest absolute Gasteiger partial charge is 0.0426 e. The van der Waals surface area contributed by atoms with Crippen molar-refractivity contribution < 1.29 is 0 Å². The Morgan fingerprint density at radius 1 is 1.14 bits per heavy atom. The van der Waals surface area contributed by atoms with E-state index in [-0.39, 0.29) is 0 Å². The summed E-state index contributed by atoms with van der Waals surface area (Å²) in [5.41, 5.74) is 2.63. The Balaban J connectivity index is 1.53. The van der Waals surface area contributed by atoms with Gasteiger partial charge in [0.25, 0.3) is 0 Å². The molecule has 4 heteroatoms. The number of rotatable bonds is 3. The summed E-state index contributed by atoms with van der Waals surface area (Å²) in [6.45, 7) is 10.4. The first kappa shape index (κ1) is 15.1. The summed E-state index contributed by atoms with van der Waals surface area (Å²) in [7, 11) is 0. The van der Waals surface area contributed by atoms with Crippen molar-refractivity contribution in [1.82, 2.24) is 10.2 Å². The molecule has 2 fully saturated rings. The average molecular weight is 308 g/mol. The lowest BCUT2D eigenvalue weighted by Crippen LogP contribution is -2.48. The van der Waals surface area contributed by atoms with Gasteiger partial charge < -0.3 is 10.2 Å². The van der Waals surface area contributed by atoms with Crippen molar-refractivity contribution in [2.45, 2.75) is 19.8 Å². The Morgan fingerprint density at radius 3 is 2.57 bits per heavy atom. The number of benzene rings is 1. The summed E-state index contributed by atoms with van der Waals surface area (Å²) in [6.07, 6.45) is 2.68. The van der Waals surface area contributed by atoms with Gasteiger partial charge in [0.2, 0.25) is 0 Å². The minimum atomic E-state index is 0.840. The van der Waals surface area contributed by atoms with Crippen LogP contribution in [-0.2, 0) is 0 Å². The Hall–Kier alpha value is -0.770. The second-order valence-electron chi connectivity index (χ2n) is 6.41. The van der Waals surface area contributed by atoms with Crippen molar-refractivity contribution in [3.8, 4) is 0 Å². The predicted molar refractivity (Wildman–Crippen MR) is 90.4 cm³/mol. The highest BCUT2D eigenvalue weighted by Gasteiger charge is 2.22. The predicted octanol–water partition coefficient (Wildman–Crippen LogP) is 2.77. The van der Waals surface area contributed by atoms with E-state index in [0.29, 0.717) is 0 Å². The summed E-state index contributed by atoms with van der Waals surface area (Å²) in [6, 6.07) is 6.21. The highest BCUT2D eigenvalue weighted by molar-refractivity contribution is 6.30. The summed E-state index contributed by atoms with van der Waals surface area (Å²) in [5, 5.41) is 4.29. The molecule has 0 bridgehead atoms. The second-order valence-corrected chi connectivity index (χ2v) is 6.85. The molecule has 2 saturated heterocycles. The average Bonchev–Trinajstić information content (AvgIpc) is 2.52. The van der Waals surface area contributed by atoms with E-state index in [9.17, 15) is 0 Å². The summed E-state index contributed by atoms with van der Waals surface area (Å²) >= 11 is 6.15. The Labute approximate surface area is 133 Å². The molecule has 3 rings (SSSR count). The van der Waals surface area contributed by atoms with Gasteiger partial charge in [-0.3, -0.25) is 4.90 Å². The Bertz CT molecular complexity index is 463. The van der Waals surface area contributed by atoms with Gasteiger partial charge in [-0.1, -0.05) is 17.7 Å². The summed E-state index contributed by atoms with van der Waals surface area (Å²) in [4.78, 5) is 5.13. The van der Waals surface area contributed by atoms with Gasteiger partial charge in [-0.05, 0) is 56.5 Å². The molecule has 0 saturated carbocycles. The molecule has 0 radical (unpaired) electrons. The van der Waals surface area contributed by atoms with Crippen LogP contribution in [0.3, 0.4) is 0 Å². The fourth-order valence-corrected chi connectivity index (χ4v) is 3.69. The van der Waals surface area contributed by atoms with Crippen LogP contribution in [0, 0.1) is 12.8 Å². The zero-order valence-electron chi connectivity index (χ0n) is 12.9. The molecular formula is C17H26ClN3. The molecule has 1 aromatic rings. The monoisotopic (exact) mass is 307 g/mol. The zero-order chi connectivity index (χ0) is 14.7. The highest BCUT2D eigenvalue weighted by Crippen LogP contribution is 2.25. The van der Waals surface area contributed by atoms with Gasteiger partial charge in [0.05, 0.1) is 0 Å². The van der Waals surface area contributed by atoms with E-state index in [1.165, 1.54) is 56.8 Å². The second kappa shape index (κ2) is 6.99. The molecule has 2 aliphatic rings. The molecule has 0 amide bonds. The SMILES string of the molecule is Cc1ccc(Cl)cc1N1CCN(CC2CCNCC2)CC1. The molecule has 0 unspecified atom stereocenters. The van der Waals surface area contributed by atoms with Gasteiger partial charge in [-0.25, -0.2) is 0 Å². The van der Waals surface area contributed by atoms with Crippen LogP contribution in [0.5, 0.6) is 0 Å². The fourth-order valence-electron chi connectivity index (χ4n) is 3.52. The molecule has 116 valence electrons. The number of piperidine rings is 1. The van der Waals surface area contributed by atoms with Gasteiger partial charge in [0.15, 0.2) is 0 Å². The molecule has 1 aromatic carbocycles. The maximum Gasteiger partial charge on any atom is 0.0426 e. The lowest BCUT2D eigenvalue weighted by atomic mass is 9.97. The Morgan fingerprint density at radius 2 is 1.86 bits per heavy atom. The van der Waals surface area contributed by atoms with Gasteiger partial charge in [-0.15, -0.1) is 0 Å². The van der Waals surface area contributed by atoms with Crippen molar-refractivity contribution in [1.29, 1.82) is 0 Å². The quantitative estimate of drug-likeness (QED) is 0.926. The van der Waals surface area contributed by atoms with Crippen LogP contribution in [0.25, 0.3) is 0 Å². The van der Waals surface area contributed by atoms with Crippen LogP contribution in [0.15, 0.2) is 18.2 Å². The third-order valence-corrected chi connectivity index (χ3v) is 5.09. The molecule has 21 heavy (non-hydrogen) atoms. The van der Waals surface area contributed by atoms with Crippen molar-refractivity contribution in [2.24, 2.45) is 5.92 Å². The van der Waals surface area contributed by atoms with Crippen molar-refractivity contribution in [3.63, 3.8) is 0 Å². The standard InChI is InChI=1S/C17H26ClN3/c1-14-2-3-16(18)12-17(14)21-10-8-20(9-11-21)13-15-4-6-19-7-5-15/h2-3,12,15,19H,4-11,13H2,1H3. The topological polar surface area (TPSA) is 18.5 Å². The first-order valence-electron chi connectivity index (χ1n) is 8.16. The van der Waals surface area contributed by atoms with E-state index in [2.05, 4.69) is 34.2 Å². The minimum Gasteiger partial charge on any atom is -0.369 e. The molecule has 0 aromatic heterocycles. The number of piperazine rings is 1. The third-order valence-electron chi connectivity index (χ3n) is 4.86. The van der Waals surface area contributed by atoms with E-state index < -0.39 is 0 Å². The number of nitrogens with one attached hydrogen (secondary N) is 1. The van der Waals surface area contributed by atoms with E-state index in [1.54, 1.807) is 0 Å². The minimum absolute atomic E-state index is 0.840. The largest absolute Gasteiger partial charge is 0.369 e. The Kier molecular flexibility index (Phi) is 5.04. The molecule has 2 heterocycles. The van der Waals surface area contributed by atoms with Crippen LogP contribution < -0.4 is 10.2 Å². The van der Waals surface area contributed by atoms with Crippen molar-refractivity contribution in [2.75, 3.05) is 50.7 Å². The molecular weight excluding hydrogens is 282 g/mol. The molecule has 2 aliphatic heterocycles. The first-order chi connectivity index (χ1) is 10.2. The maximum absolute atomic E-state index is 6.15. The first-order valence-corrected chi connectivity index (χ1v) is 8.54. The summed E-state index contributed by atoms with van der Waals surface area (Å²) < 4.78 is 0. The van der Waals surface area contributed by atoms with Crippen LogP contribution in [0.2, 0.25) is 5.02 Å². The third kappa shape index (κ3) is 3.91. The number of halogens is 1. The van der Waals surface area contributed by atoms with Gasteiger partial charge >= 0.3 is 0 Å². The van der Waals surface area contributed by atoms with Crippen LogP contribution in [0.4, 0.5) is 5.69 Å². The summed E-state index contributed by atoms with van der Waals surface area (Å²) in [5.74, 6) is 0.894. The van der Waals surface area contributed by atoms with E-state index in [0.717, 1.165) is 24.0 Å². The van der Waals surface area contributed by atoms with E-state index >= 15 is 0 Å². The number of nitrogens with zero attached hydrogens (tertiary/aromatic N) is 2. The molecule has 0 atom stereocenters. The van der Waals surface area contributed by atoms with Gasteiger partial charge in [-0.2, -0.15) is 0 Å². The van der Waals surface area contributed by atoms with Crippen LogP contribution in [0.1, 0.15) is 18.4 Å². The lowest BCUT2D eigenvalue weighted by Gasteiger charge is -2.39. The molecule has 3 nitrogen and oxygen atoms in total.